The van der Waals surface area contributed by atoms with Crippen LogP contribution in [0, 0.1) is 6.92 Å². The van der Waals surface area contributed by atoms with Gasteiger partial charge in [-0.1, -0.05) is 6.07 Å². The van der Waals surface area contributed by atoms with Crippen LogP contribution in [0.2, 0.25) is 0 Å². The van der Waals surface area contributed by atoms with Gasteiger partial charge < -0.3 is 0 Å². The summed E-state index contributed by atoms with van der Waals surface area (Å²) in [5, 5.41) is 4.07. The van der Waals surface area contributed by atoms with Crippen LogP contribution in [0.5, 0.6) is 0 Å². The Morgan fingerprint density at radius 2 is 2.29 bits per heavy atom. The van der Waals surface area contributed by atoms with Gasteiger partial charge in [-0.05, 0) is 30.5 Å². The van der Waals surface area contributed by atoms with E-state index < -0.39 is 0 Å². The van der Waals surface area contributed by atoms with Crippen LogP contribution in [0.25, 0.3) is 0 Å². The lowest BCUT2D eigenvalue weighted by molar-refractivity contribution is 0.0977. The van der Waals surface area contributed by atoms with Crippen LogP contribution in [0.1, 0.15) is 28.0 Å². The average Bonchev–Trinajstić information content (AvgIpc) is 2.73. The van der Waals surface area contributed by atoms with E-state index in [0.717, 1.165) is 11.1 Å². The number of aromatic nitrogens is 3. The molecule has 0 bridgehead atoms. The number of pyridine rings is 1. The van der Waals surface area contributed by atoms with Crippen LogP contribution in [0.3, 0.4) is 0 Å². The number of nitrogens with zero attached hydrogens (tertiary/aromatic N) is 3. The van der Waals surface area contributed by atoms with E-state index >= 15 is 0 Å². The molecule has 4 nitrogen and oxygen atoms in total. The summed E-state index contributed by atoms with van der Waals surface area (Å²) in [6.45, 7) is 1.91. The van der Waals surface area contributed by atoms with Crippen molar-refractivity contribution in [2.75, 3.05) is 0 Å². The van der Waals surface area contributed by atoms with Crippen LogP contribution < -0.4 is 0 Å². The second-order valence-corrected chi connectivity index (χ2v) is 4.11. The molecule has 2 rings (SSSR count). The molecule has 2 heterocycles. The van der Waals surface area contributed by atoms with E-state index in [1.807, 2.05) is 32.3 Å². The second-order valence-electron chi connectivity index (χ2n) is 4.11. The SMILES string of the molecule is Cc1cccnc1C(=O)CCc1cnn(C)c1. The van der Waals surface area contributed by atoms with Crippen molar-refractivity contribution in [3.8, 4) is 0 Å². The fourth-order valence-corrected chi connectivity index (χ4v) is 1.75. The third-order valence-electron chi connectivity index (χ3n) is 2.67. The summed E-state index contributed by atoms with van der Waals surface area (Å²) < 4.78 is 1.74. The van der Waals surface area contributed by atoms with Crippen molar-refractivity contribution in [1.82, 2.24) is 14.8 Å². The van der Waals surface area contributed by atoms with Crippen molar-refractivity contribution in [2.45, 2.75) is 19.8 Å². The highest BCUT2D eigenvalue weighted by Gasteiger charge is 2.10. The molecule has 0 aliphatic heterocycles. The number of Topliss-reactive ketones (excluding diaryl/α,β-unsaturated/α-hetero) is 1. The van der Waals surface area contributed by atoms with E-state index in [2.05, 4.69) is 10.1 Å². The fraction of sp³-hybridized carbons (Fsp3) is 0.308. The van der Waals surface area contributed by atoms with E-state index in [4.69, 9.17) is 0 Å². The summed E-state index contributed by atoms with van der Waals surface area (Å²) in [5.74, 6) is 0.0898. The Balaban J connectivity index is 2.01. The van der Waals surface area contributed by atoms with E-state index in [1.165, 1.54) is 0 Å². The van der Waals surface area contributed by atoms with E-state index in [-0.39, 0.29) is 5.78 Å². The van der Waals surface area contributed by atoms with E-state index in [0.29, 0.717) is 18.5 Å². The minimum atomic E-state index is 0.0898. The molecule has 0 aromatic carbocycles. The molecule has 0 saturated carbocycles. The smallest absolute Gasteiger partial charge is 0.181 e. The molecule has 4 heteroatoms. The molecule has 2 aromatic heterocycles. The van der Waals surface area contributed by atoms with Gasteiger partial charge in [0.2, 0.25) is 0 Å². The van der Waals surface area contributed by atoms with Gasteiger partial charge in [0.15, 0.2) is 5.78 Å². The largest absolute Gasteiger partial charge is 0.292 e. The maximum Gasteiger partial charge on any atom is 0.181 e. The molecule has 0 fully saturated rings. The van der Waals surface area contributed by atoms with Gasteiger partial charge in [0.25, 0.3) is 0 Å². The van der Waals surface area contributed by atoms with Gasteiger partial charge in [-0.15, -0.1) is 0 Å². The fourth-order valence-electron chi connectivity index (χ4n) is 1.75. The summed E-state index contributed by atoms with van der Waals surface area (Å²) >= 11 is 0. The Bertz CT molecular complexity index is 531. The molecule has 0 radical (unpaired) electrons. The number of aryl methyl sites for hydroxylation is 3. The number of ketones is 1. The molecule has 0 N–H and O–H groups in total. The van der Waals surface area contributed by atoms with Crippen LogP contribution in [0.4, 0.5) is 0 Å². The predicted molar refractivity (Wildman–Crippen MR) is 64.8 cm³/mol. The standard InChI is InChI=1S/C13H15N3O/c1-10-4-3-7-14-13(10)12(17)6-5-11-8-15-16(2)9-11/h3-4,7-9H,5-6H2,1-2H3. The van der Waals surface area contributed by atoms with E-state index in [1.54, 1.807) is 17.1 Å². The summed E-state index contributed by atoms with van der Waals surface area (Å²) in [6.07, 6.45) is 6.56. The number of hydrogen-bond donors (Lipinski definition) is 0. The number of hydrogen-bond acceptors (Lipinski definition) is 3. The van der Waals surface area contributed by atoms with Crippen molar-refractivity contribution in [3.05, 3.63) is 47.5 Å². The van der Waals surface area contributed by atoms with Crippen LogP contribution >= 0.6 is 0 Å². The normalized spacial score (nSPS) is 10.5. The topological polar surface area (TPSA) is 47.8 Å². The Kier molecular flexibility index (Phi) is 3.32. The van der Waals surface area contributed by atoms with Crippen LogP contribution in [-0.4, -0.2) is 20.5 Å². The minimum Gasteiger partial charge on any atom is -0.292 e. The van der Waals surface area contributed by atoms with Gasteiger partial charge in [0.05, 0.1) is 6.20 Å². The monoisotopic (exact) mass is 229 g/mol. The lowest BCUT2D eigenvalue weighted by Crippen LogP contribution is -2.05. The van der Waals surface area contributed by atoms with Gasteiger partial charge in [-0.25, -0.2) is 0 Å². The molecule has 88 valence electrons. The first-order valence-electron chi connectivity index (χ1n) is 5.59. The molecule has 0 unspecified atom stereocenters. The first kappa shape index (κ1) is 11.5. The maximum absolute atomic E-state index is 12.0. The van der Waals surface area contributed by atoms with Gasteiger partial charge in [0, 0.05) is 25.9 Å². The van der Waals surface area contributed by atoms with Gasteiger partial charge in [0.1, 0.15) is 5.69 Å². The van der Waals surface area contributed by atoms with Crippen molar-refractivity contribution in [3.63, 3.8) is 0 Å². The highest BCUT2D eigenvalue weighted by atomic mass is 16.1. The van der Waals surface area contributed by atoms with E-state index in [9.17, 15) is 4.79 Å². The first-order chi connectivity index (χ1) is 8.16. The maximum atomic E-state index is 12.0. The lowest BCUT2D eigenvalue weighted by Gasteiger charge is -2.02. The number of carbonyl (C=O) groups excluding carboxylic acids is 1. The molecule has 0 spiro atoms. The zero-order chi connectivity index (χ0) is 12.3. The van der Waals surface area contributed by atoms with Crippen molar-refractivity contribution < 1.29 is 4.79 Å². The molecule has 2 aromatic rings. The highest BCUT2D eigenvalue weighted by molar-refractivity contribution is 5.95. The highest BCUT2D eigenvalue weighted by Crippen LogP contribution is 2.09. The van der Waals surface area contributed by atoms with Gasteiger partial charge in [-0.3, -0.25) is 14.5 Å². The minimum absolute atomic E-state index is 0.0898. The molecule has 0 atom stereocenters. The molecule has 17 heavy (non-hydrogen) atoms. The summed E-state index contributed by atoms with van der Waals surface area (Å²) in [5.41, 5.74) is 2.59. The third-order valence-corrected chi connectivity index (χ3v) is 2.67. The van der Waals surface area contributed by atoms with Crippen molar-refractivity contribution >= 4 is 5.78 Å². The zero-order valence-electron chi connectivity index (χ0n) is 10.1. The molecule has 0 amide bonds. The van der Waals surface area contributed by atoms with Crippen molar-refractivity contribution in [1.29, 1.82) is 0 Å². The third kappa shape index (κ3) is 2.78. The van der Waals surface area contributed by atoms with Crippen LogP contribution in [0.15, 0.2) is 30.7 Å². The summed E-state index contributed by atoms with van der Waals surface area (Å²) in [6, 6.07) is 3.75. The first-order valence-corrected chi connectivity index (χ1v) is 5.59. The molecular weight excluding hydrogens is 214 g/mol. The zero-order valence-corrected chi connectivity index (χ0v) is 10.1. The lowest BCUT2D eigenvalue weighted by atomic mass is 10.1. The molecule has 0 saturated heterocycles. The average molecular weight is 229 g/mol. The van der Waals surface area contributed by atoms with Gasteiger partial charge in [-0.2, -0.15) is 5.10 Å². The second kappa shape index (κ2) is 4.91. The molecule has 0 aliphatic rings. The van der Waals surface area contributed by atoms with Crippen molar-refractivity contribution in [2.24, 2.45) is 7.05 Å². The van der Waals surface area contributed by atoms with Gasteiger partial charge >= 0.3 is 0 Å². The Morgan fingerprint density at radius 1 is 1.47 bits per heavy atom. The summed E-state index contributed by atoms with van der Waals surface area (Å²) in [7, 11) is 1.87. The number of carbonyl (C=O) groups is 1. The molecule has 0 aliphatic carbocycles. The quantitative estimate of drug-likeness (QED) is 0.753. The Labute approximate surface area is 100 Å². The molecular formula is C13H15N3O. The Hall–Kier alpha value is -1.97. The number of rotatable bonds is 4. The summed E-state index contributed by atoms with van der Waals surface area (Å²) in [4.78, 5) is 16.1. The predicted octanol–water partition coefficient (Wildman–Crippen LogP) is 1.94. The van der Waals surface area contributed by atoms with Crippen LogP contribution in [-0.2, 0) is 13.5 Å². The Morgan fingerprint density at radius 3 is 2.94 bits per heavy atom.